The van der Waals surface area contributed by atoms with Crippen molar-refractivity contribution >= 4 is 34.8 Å². The minimum absolute atomic E-state index is 0. The Bertz CT molecular complexity index is 640. The maximum atomic E-state index is 11.9. The van der Waals surface area contributed by atoms with E-state index in [0.717, 1.165) is 29.0 Å². The van der Waals surface area contributed by atoms with Crippen molar-refractivity contribution in [1.82, 2.24) is 4.98 Å². The molecule has 0 saturated carbocycles. The Kier molecular flexibility index (Phi) is 7.68. The van der Waals surface area contributed by atoms with Gasteiger partial charge in [0.15, 0.2) is 5.13 Å². The summed E-state index contributed by atoms with van der Waals surface area (Å²) < 4.78 is 0. The number of nitrogens with one attached hydrogen (secondary N) is 1. The van der Waals surface area contributed by atoms with E-state index in [1.807, 2.05) is 13.8 Å². The normalized spacial score (nSPS) is 11.7. The van der Waals surface area contributed by atoms with Gasteiger partial charge in [-0.2, -0.15) is 0 Å². The Balaban J connectivity index is 0.00000264. The second-order valence-electron chi connectivity index (χ2n) is 5.50. The molecule has 1 heterocycles. The summed E-state index contributed by atoms with van der Waals surface area (Å²) in [6.45, 7) is 6.34. The highest BCUT2D eigenvalue weighted by atomic mass is 35.5. The lowest BCUT2D eigenvalue weighted by Crippen LogP contribution is -2.26. The topological polar surface area (TPSA) is 68.0 Å². The van der Waals surface area contributed by atoms with E-state index in [0.29, 0.717) is 11.7 Å². The highest BCUT2D eigenvalue weighted by Gasteiger charge is 2.15. The van der Waals surface area contributed by atoms with Crippen LogP contribution in [0.4, 0.5) is 5.13 Å². The molecule has 1 aromatic heterocycles. The molecule has 2 aromatic rings. The van der Waals surface area contributed by atoms with Crippen LogP contribution in [0.2, 0.25) is 0 Å². The third kappa shape index (κ3) is 5.03. The number of nitrogens with zero attached hydrogens (tertiary/aromatic N) is 1. The average Bonchev–Trinajstić information content (AvgIpc) is 2.88. The molecule has 1 aromatic carbocycles. The largest absolute Gasteiger partial charge is 0.330 e. The fourth-order valence-electron chi connectivity index (χ4n) is 2.17. The summed E-state index contributed by atoms with van der Waals surface area (Å²) in [5, 5.41) is 3.48. The van der Waals surface area contributed by atoms with Crippen LogP contribution in [0.1, 0.15) is 30.7 Å². The highest BCUT2D eigenvalue weighted by molar-refractivity contribution is 7.16. The summed E-state index contributed by atoms with van der Waals surface area (Å²) >= 11 is 1.50. The number of hydrogen-bond donors (Lipinski definition) is 2. The van der Waals surface area contributed by atoms with E-state index in [-0.39, 0.29) is 24.2 Å². The molecule has 4 nitrogen and oxygen atoms in total. The average molecular weight is 354 g/mol. The zero-order valence-electron chi connectivity index (χ0n) is 13.8. The van der Waals surface area contributed by atoms with Gasteiger partial charge in [-0.15, -0.1) is 23.7 Å². The maximum Gasteiger partial charge on any atom is 0.230 e. The second kappa shape index (κ2) is 9.01. The zero-order valence-corrected chi connectivity index (χ0v) is 15.4. The van der Waals surface area contributed by atoms with Gasteiger partial charge in [0.05, 0.1) is 5.69 Å². The molecule has 6 heteroatoms. The smallest absolute Gasteiger partial charge is 0.230 e. The minimum Gasteiger partial charge on any atom is -0.330 e. The lowest BCUT2D eigenvalue weighted by molar-refractivity contribution is -0.119. The standard InChI is InChI=1S/C17H23N3OS.ClH/c1-4-5-13-6-8-14(9-7-13)15-12(3)22-17(19-15)20-16(21)11(2)10-18;/h6-9,11H,4-5,10,18H2,1-3H3,(H,19,20,21);1H. The summed E-state index contributed by atoms with van der Waals surface area (Å²) in [6.07, 6.45) is 2.24. The van der Waals surface area contributed by atoms with Crippen molar-refractivity contribution in [3.8, 4) is 11.3 Å². The fraction of sp³-hybridized carbons (Fsp3) is 0.412. The summed E-state index contributed by atoms with van der Waals surface area (Å²) in [4.78, 5) is 17.5. The van der Waals surface area contributed by atoms with E-state index < -0.39 is 0 Å². The summed E-state index contributed by atoms with van der Waals surface area (Å²) in [5.74, 6) is -0.290. The molecule has 0 spiro atoms. The number of aryl methyl sites for hydroxylation is 2. The first kappa shape index (κ1) is 19.6. The first-order valence-corrected chi connectivity index (χ1v) is 8.44. The van der Waals surface area contributed by atoms with Crippen molar-refractivity contribution in [1.29, 1.82) is 0 Å². The SMILES string of the molecule is CCCc1ccc(-c2nc(NC(=O)C(C)CN)sc2C)cc1.Cl. The molecule has 0 fully saturated rings. The summed E-state index contributed by atoms with van der Waals surface area (Å²) in [7, 11) is 0. The monoisotopic (exact) mass is 353 g/mol. The molecular weight excluding hydrogens is 330 g/mol. The molecule has 1 unspecified atom stereocenters. The third-order valence-electron chi connectivity index (χ3n) is 3.59. The van der Waals surface area contributed by atoms with Crippen LogP contribution in [0, 0.1) is 12.8 Å². The van der Waals surface area contributed by atoms with Gasteiger partial charge in [0, 0.05) is 22.9 Å². The van der Waals surface area contributed by atoms with Gasteiger partial charge < -0.3 is 11.1 Å². The number of carbonyl (C=O) groups is 1. The number of hydrogen-bond acceptors (Lipinski definition) is 4. The minimum atomic E-state index is -0.207. The van der Waals surface area contributed by atoms with Gasteiger partial charge in [0.2, 0.25) is 5.91 Å². The number of halogens is 1. The van der Waals surface area contributed by atoms with Gasteiger partial charge in [-0.1, -0.05) is 44.5 Å². The van der Waals surface area contributed by atoms with Gasteiger partial charge in [-0.25, -0.2) is 4.98 Å². The maximum absolute atomic E-state index is 11.9. The number of anilines is 1. The molecule has 0 saturated heterocycles. The van der Waals surface area contributed by atoms with Crippen molar-refractivity contribution in [2.24, 2.45) is 11.7 Å². The number of nitrogens with two attached hydrogens (primary N) is 1. The zero-order chi connectivity index (χ0) is 16.1. The number of benzene rings is 1. The predicted molar refractivity (Wildman–Crippen MR) is 100 cm³/mol. The molecule has 0 aliphatic rings. The van der Waals surface area contributed by atoms with Crippen LogP contribution in [0.5, 0.6) is 0 Å². The first-order chi connectivity index (χ1) is 10.5. The quantitative estimate of drug-likeness (QED) is 0.823. The Labute approximate surface area is 147 Å². The van der Waals surface area contributed by atoms with Crippen LogP contribution in [0.15, 0.2) is 24.3 Å². The van der Waals surface area contributed by atoms with E-state index in [1.54, 1.807) is 0 Å². The van der Waals surface area contributed by atoms with E-state index >= 15 is 0 Å². The Morgan fingerprint density at radius 3 is 2.57 bits per heavy atom. The lowest BCUT2D eigenvalue weighted by atomic mass is 10.1. The second-order valence-corrected chi connectivity index (χ2v) is 6.70. The Morgan fingerprint density at radius 2 is 2.00 bits per heavy atom. The number of thiazole rings is 1. The van der Waals surface area contributed by atoms with Crippen molar-refractivity contribution in [3.05, 3.63) is 34.7 Å². The first-order valence-electron chi connectivity index (χ1n) is 7.62. The van der Waals surface area contributed by atoms with E-state index in [4.69, 9.17) is 5.73 Å². The number of rotatable bonds is 6. The molecule has 2 rings (SSSR count). The molecule has 23 heavy (non-hydrogen) atoms. The van der Waals surface area contributed by atoms with Crippen LogP contribution in [0.25, 0.3) is 11.3 Å². The number of amides is 1. The van der Waals surface area contributed by atoms with Crippen molar-refractivity contribution in [2.45, 2.75) is 33.6 Å². The molecule has 0 bridgehead atoms. The molecular formula is C17H24ClN3OS. The van der Waals surface area contributed by atoms with E-state index in [1.165, 1.54) is 16.9 Å². The molecule has 1 atom stereocenters. The number of aromatic nitrogens is 1. The summed E-state index contributed by atoms with van der Waals surface area (Å²) in [6, 6.07) is 8.49. The Hall–Kier alpha value is -1.43. The highest BCUT2D eigenvalue weighted by Crippen LogP contribution is 2.30. The lowest BCUT2D eigenvalue weighted by Gasteiger charge is -2.06. The van der Waals surface area contributed by atoms with Crippen LogP contribution in [-0.2, 0) is 11.2 Å². The van der Waals surface area contributed by atoms with Gasteiger partial charge in [0.25, 0.3) is 0 Å². The molecule has 0 radical (unpaired) electrons. The predicted octanol–water partition coefficient (Wildman–Crippen LogP) is 4.03. The summed E-state index contributed by atoms with van der Waals surface area (Å²) in [5.41, 5.74) is 8.87. The number of carbonyl (C=O) groups excluding carboxylic acids is 1. The van der Waals surface area contributed by atoms with Crippen LogP contribution in [-0.4, -0.2) is 17.4 Å². The molecule has 1 amide bonds. The van der Waals surface area contributed by atoms with Crippen LogP contribution >= 0.6 is 23.7 Å². The van der Waals surface area contributed by atoms with Gasteiger partial charge in [-0.3, -0.25) is 4.79 Å². The van der Waals surface area contributed by atoms with Gasteiger partial charge in [0.1, 0.15) is 0 Å². The Morgan fingerprint density at radius 1 is 1.35 bits per heavy atom. The van der Waals surface area contributed by atoms with Gasteiger partial charge >= 0.3 is 0 Å². The molecule has 3 N–H and O–H groups in total. The molecule has 0 aliphatic heterocycles. The van der Waals surface area contributed by atoms with Crippen molar-refractivity contribution < 1.29 is 4.79 Å². The fourth-order valence-corrected chi connectivity index (χ4v) is 3.01. The third-order valence-corrected chi connectivity index (χ3v) is 4.48. The van der Waals surface area contributed by atoms with Crippen LogP contribution < -0.4 is 11.1 Å². The van der Waals surface area contributed by atoms with E-state index in [9.17, 15) is 4.79 Å². The molecule has 126 valence electrons. The van der Waals surface area contributed by atoms with E-state index in [2.05, 4.69) is 41.5 Å². The van der Waals surface area contributed by atoms with Crippen molar-refractivity contribution in [3.63, 3.8) is 0 Å². The van der Waals surface area contributed by atoms with Crippen molar-refractivity contribution in [2.75, 3.05) is 11.9 Å². The van der Waals surface area contributed by atoms with Gasteiger partial charge in [-0.05, 0) is 18.9 Å². The molecule has 0 aliphatic carbocycles. The van der Waals surface area contributed by atoms with Crippen LogP contribution in [0.3, 0.4) is 0 Å².